The summed E-state index contributed by atoms with van der Waals surface area (Å²) in [5.41, 5.74) is 3.96. The molecule has 0 aliphatic carbocycles. The van der Waals surface area contributed by atoms with Gasteiger partial charge in [0.15, 0.2) is 0 Å². The minimum Gasteiger partial charge on any atom is -0.296 e. The largest absolute Gasteiger partial charge is 0.296 e. The standard InChI is InChI=1S/C11H15N.C2H6/c1-4-10-7-5-6-9(2)11(10)8-12-3;1-2/h5-8H,4H2,1-3H3;1-2H3. The molecule has 1 aromatic carbocycles. The highest BCUT2D eigenvalue weighted by Gasteiger charge is 1.99. The topological polar surface area (TPSA) is 12.4 Å². The Hall–Kier alpha value is -1.11. The number of hydrogen-bond acceptors (Lipinski definition) is 1. The maximum atomic E-state index is 4.05. The molecule has 1 nitrogen and oxygen atoms in total. The predicted octanol–water partition coefficient (Wildman–Crippen LogP) is 3.63. The first-order chi connectivity index (χ1) is 6.79. The van der Waals surface area contributed by atoms with E-state index in [1.807, 2.05) is 27.1 Å². The van der Waals surface area contributed by atoms with Crippen LogP contribution in [0.15, 0.2) is 23.2 Å². The first-order valence-corrected chi connectivity index (χ1v) is 5.30. The second-order valence-corrected chi connectivity index (χ2v) is 2.89. The van der Waals surface area contributed by atoms with E-state index in [4.69, 9.17) is 0 Å². The predicted molar refractivity (Wildman–Crippen MR) is 65.4 cm³/mol. The van der Waals surface area contributed by atoms with Crippen molar-refractivity contribution in [2.45, 2.75) is 34.1 Å². The third-order valence-corrected chi connectivity index (χ3v) is 2.05. The van der Waals surface area contributed by atoms with Crippen LogP contribution in [0.5, 0.6) is 0 Å². The zero-order valence-corrected chi connectivity index (χ0v) is 9.96. The molecule has 0 heterocycles. The van der Waals surface area contributed by atoms with Gasteiger partial charge in [-0.2, -0.15) is 0 Å². The number of nitrogens with zero attached hydrogens (tertiary/aromatic N) is 1. The Morgan fingerprint density at radius 2 is 1.93 bits per heavy atom. The summed E-state index contributed by atoms with van der Waals surface area (Å²) in [6.45, 7) is 8.29. The van der Waals surface area contributed by atoms with Gasteiger partial charge in [-0.05, 0) is 30.0 Å². The molecule has 14 heavy (non-hydrogen) atoms. The Balaban J connectivity index is 0.000000791. The lowest BCUT2D eigenvalue weighted by Gasteiger charge is -2.05. The average Bonchev–Trinajstić information content (AvgIpc) is 2.24. The van der Waals surface area contributed by atoms with Gasteiger partial charge >= 0.3 is 0 Å². The van der Waals surface area contributed by atoms with Crippen LogP contribution in [-0.4, -0.2) is 13.3 Å². The van der Waals surface area contributed by atoms with Crippen molar-refractivity contribution in [3.63, 3.8) is 0 Å². The normalized spacial score (nSPS) is 9.79. The van der Waals surface area contributed by atoms with Crippen LogP contribution in [0.1, 0.15) is 37.5 Å². The third-order valence-electron chi connectivity index (χ3n) is 2.05. The van der Waals surface area contributed by atoms with Gasteiger partial charge in [0.05, 0.1) is 0 Å². The van der Waals surface area contributed by atoms with Crippen LogP contribution in [0.25, 0.3) is 0 Å². The molecule has 0 aromatic heterocycles. The third kappa shape index (κ3) is 3.33. The second-order valence-electron chi connectivity index (χ2n) is 2.89. The molecule has 1 rings (SSSR count). The molecule has 0 fully saturated rings. The minimum atomic E-state index is 1.07. The fourth-order valence-corrected chi connectivity index (χ4v) is 1.36. The van der Waals surface area contributed by atoms with Gasteiger partial charge in [0.1, 0.15) is 0 Å². The smallest absolute Gasteiger partial charge is 0.0286 e. The van der Waals surface area contributed by atoms with Gasteiger partial charge in [0.2, 0.25) is 0 Å². The molecule has 0 aliphatic heterocycles. The molecular weight excluding hydrogens is 170 g/mol. The molecule has 78 valence electrons. The molecule has 0 atom stereocenters. The first-order valence-electron chi connectivity index (χ1n) is 5.30. The average molecular weight is 191 g/mol. The van der Waals surface area contributed by atoms with E-state index in [1.165, 1.54) is 16.7 Å². The van der Waals surface area contributed by atoms with Gasteiger partial charge in [-0.15, -0.1) is 0 Å². The Bertz CT molecular complexity index is 287. The van der Waals surface area contributed by atoms with Crippen molar-refractivity contribution in [2.75, 3.05) is 7.05 Å². The van der Waals surface area contributed by atoms with E-state index in [0.29, 0.717) is 0 Å². The van der Waals surface area contributed by atoms with Crippen LogP contribution in [0.3, 0.4) is 0 Å². The van der Waals surface area contributed by atoms with Crippen molar-refractivity contribution in [3.05, 3.63) is 34.9 Å². The Labute approximate surface area is 87.9 Å². The molecule has 0 amide bonds. The summed E-state index contributed by atoms with van der Waals surface area (Å²) in [4.78, 5) is 4.05. The molecule has 0 unspecified atom stereocenters. The fourth-order valence-electron chi connectivity index (χ4n) is 1.36. The number of aliphatic imine (C=N–C) groups is 1. The molecule has 0 saturated heterocycles. The number of hydrogen-bond donors (Lipinski definition) is 0. The molecular formula is C13H21N. The zero-order chi connectivity index (χ0) is 11.0. The molecule has 0 aliphatic rings. The van der Waals surface area contributed by atoms with E-state index < -0.39 is 0 Å². The Morgan fingerprint density at radius 1 is 1.29 bits per heavy atom. The van der Waals surface area contributed by atoms with E-state index in [-0.39, 0.29) is 0 Å². The van der Waals surface area contributed by atoms with Crippen molar-refractivity contribution in [1.82, 2.24) is 0 Å². The summed E-state index contributed by atoms with van der Waals surface area (Å²) in [6, 6.07) is 6.38. The van der Waals surface area contributed by atoms with Gasteiger partial charge in [-0.3, -0.25) is 4.99 Å². The first kappa shape index (κ1) is 12.9. The van der Waals surface area contributed by atoms with Crippen molar-refractivity contribution in [3.8, 4) is 0 Å². The van der Waals surface area contributed by atoms with Crippen LogP contribution in [-0.2, 0) is 6.42 Å². The van der Waals surface area contributed by atoms with Crippen molar-refractivity contribution in [2.24, 2.45) is 4.99 Å². The summed E-state index contributed by atoms with van der Waals surface area (Å²) in [5, 5.41) is 0. The molecule has 0 saturated carbocycles. The zero-order valence-electron chi connectivity index (χ0n) is 9.96. The molecule has 0 spiro atoms. The van der Waals surface area contributed by atoms with Crippen LogP contribution in [0.4, 0.5) is 0 Å². The lowest BCUT2D eigenvalue weighted by Crippen LogP contribution is -1.94. The van der Waals surface area contributed by atoms with Crippen molar-refractivity contribution in [1.29, 1.82) is 0 Å². The monoisotopic (exact) mass is 191 g/mol. The van der Waals surface area contributed by atoms with Gasteiger partial charge in [0.25, 0.3) is 0 Å². The molecule has 0 bridgehead atoms. The lowest BCUT2D eigenvalue weighted by molar-refractivity contribution is 1.12. The maximum absolute atomic E-state index is 4.05. The number of aryl methyl sites for hydroxylation is 2. The van der Waals surface area contributed by atoms with Crippen LogP contribution in [0.2, 0.25) is 0 Å². The van der Waals surface area contributed by atoms with E-state index in [0.717, 1.165) is 6.42 Å². The van der Waals surface area contributed by atoms with Gasteiger partial charge in [-0.1, -0.05) is 39.0 Å². The van der Waals surface area contributed by atoms with Crippen LogP contribution in [0, 0.1) is 6.92 Å². The number of benzene rings is 1. The Morgan fingerprint density at radius 3 is 2.43 bits per heavy atom. The van der Waals surface area contributed by atoms with Gasteiger partial charge in [0, 0.05) is 13.3 Å². The van der Waals surface area contributed by atoms with E-state index in [9.17, 15) is 0 Å². The highest BCUT2D eigenvalue weighted by molar-refractivity contribution is 5.83. The summed E-state index contributed by atoms with van der Waals surface area (Å²) in [7, 11) is 1.81. The lowest BCUT2D eigenvalue weighted by atomic mass is 10.0. The molecule has 0 N–H and O–H groups in total. The summed E-state index contributed by atoms with van der Waals surface area (Å²) in [5.74, 6) is 0. The van der Waals surface area contributed by atoms with Crippen LogP contribution >= 0.6 is 0 Å². The molecule has 0 radical (unpaired) electrons. The molecule has 1 aromatic rings. The van der Waals surface area contributed by atoms with Crippen molar-refractivity contribution < 1.29 is 0 Å². The van der Waals surface area contributed by atoms with Crippen LogP contribution < -0.4 is 0 Å². The maximum Gasteiger partial charge on any atom is 0.0286 e. The number of rotatable bonds is 2. The Kier molecular flexibility index (Phi) is 6.73. The second kappa shape index (κ2) is 7.31. The van der Waals surface area contributed by atoms with Gasteiger partial charge in [-0.25, -0.2) is 0 Å². The summed E-state index contributed by atoms with van der Waals surface area (Å²) in [6.07, 6.45) is 3.01. The minimum absolute atomic E-state index is 1.07. The van der Waals surface area contributed by atoms with E-state index in [1.54, 1.807) is 0 Å². The van der Waals surface area contributed by atoms with Gasteiger partial charge < -0.3 is 0 Å². The van der Waals surface area contributed by atoms with Crippen molar-refractivity contribution >= 4 is 6.21 Å². The van der Waals surface area contributed by atoms with E-state index in [2.05, 4.69) is 37.0 Å². The summed E-state index contributed by atoms with van der Waals surface area (Å²) < 4.78 is 0. The fraction of sp³-hybridized carbons (Fsp3) is 0.462. The van der Waals surface area contributed by atoms with E-state index >= 15 is 0 Å². The highest BCUT2D eigenvalue weighted by atomic mass is 14.6. The summed E-state index contributed by atoms with van der Waals surface area (Å²) >= 11 is 0. The highest BCUT2D eigenvalue weighted by Crippen LogP contribution is 2.12. The molecule has 1 heteroatoms. The SMILES string of the molecule is CC.CCc1cccc(C)c1C=NC. The quantitative estimate of drug-likeness (QED) is 0.633.